The Labute approximate surface area is 86.5 Å². The Morgan fingerprint density at radius 2 is 1.92 bits per heavy atom. The minimum Gasteiger partial charge on any atom is -1.00 e. The molecule has 0 saturated carbocycles. The molecule has 0 unspecified atom stereocenters. The molecule has 0 bridgehead atoms. The van der Waals surface area contributed by atoms with Crippen LogP contribution in [0.1, 0.15) is 19.4 Å². The van der Waals surface area contributed by atoms with E-state index in [4.69, 9.17) is 0 Å². The minimum absolute atomic E-state index is 0. The van der Waals surface area contributed by atoms with Gasteiger partial charge in [-0.2, -0.15) is 0 Å². The van der Waals surface area contributed by atoms with Gasteiger partial charge in [-0.1, -0.05) is 13.0 Å². The van der Waals surface area contributed by atoms with E-state index < -0.39 is 0 Å². The van der Waals surface area contributed by atoms with Crippen molar-refractivity contribution in [1.82, 2.24) is 0 Å². The number of hydrogen-bond donors (Lipinski definition) is 0. The number of rotatable bonds is 3. The van der Waals surface area contributed by atoms with Crippen molar-refractivity contribution in [3.63, 3.8) is 0 Å². The van der Waals surface area contributed by atoms with Gasteiger partial charge >= 0.3 is 0 Å². The summed E-state index contributed by atoms with van der Waals surface area (Å²) in [7, 11) is 0. The molecule has 0 aliphatic heterocycles. The Morgan fingerprint density at radius 1 is 1.31 bits per heavy atom. The lowest BCUT2D eigenvalue weighted by molar-refractivity contribution is -0.687. The third kappa shape index (κ3) is 4.09. The molecule has 0 saturated heterocycles. The van der Waals surface area contributed by atoms with E-state index in [9.17, 15) is 0 Å². The summed E-state index contributed by atoms with van der Waals surface area (Å²) in [5, 5.41) is 0. The van der Waals surface area contributed by atoms with Crippen molar-refractivity contribution in [3.05, 3.63) is 42.2 Å². The number of halogens is 1. The van der Waals surface area contributed by atoms with E-state index in [1.165, 1.54) is 5.56 Å². The summed E-state index contributed by atoms with van der Waals surface area (Å²) in [6.45, 7) is 5.19. The number of allylic oxidation sites excluding steroid dienone is 2. The van der Waals surface area contributed by atoms with Gasteiger partial charge in [0.25, 0.3) is 0 Å². The second-order valence-corrected chi connectivity index (χ2v) is 2.83. The van der Waals surface area contributed by atoms with Gasteiger partial charge in [-0.15, -0.1) is 0 Å². The number of aryl methyl sites for hydroxylation is 1. The van der Waals surface area contributed by atoms with Crippen LogP contribution >= 0.6 is 0 Å². The van der Waals surface area contributed by atoms with Gasteiger partial charge in [-0.25, -0.2) is 4.57 Å². The first-order valence-electron chi connectivity index (χ1n) is 4.46. The molecule has 0 aliphatic carbocycles. The summed E-state index contributed by atoms with van der Waals surface area (Å²) in [6, 6.07) is 4.34. The quantitative estimate of drug-likeness (QED) is 0.438. The molecule has 0 aliphatic rings. The molecule has 0 atom stereocenters. The van der Waals surface area contributed by atoms with E-state index in [0.717, 1.165) is 13.0 Å². The van der Waals surface area contributed by atoms with Gasteiger partial charge in [-0.05, 0) is 25.0 Å². The number of hydrogen-bond acceptors (Lipinski definition) is 0. The van der Waals surface area contributed by atoms with Crippen LogP contribution in [0.4, 0.5) is 0 Å². The first kappa shape index (κ1) is 12.2. The highest BCUT2D eigenvalue weighted by molar-refractivity contribution is 5.06. The van der Waals surface area contributed by atoms with Crippen LogP contribution in [-0.4, -0.2) is 0 Å². The van der Waals surface area contributed by atoms with Crippen molar-refractivity contribution < 1.29 is 17.0 Å². The molecule has 0 amide bonds. The summed E-state index contributed by atoms with van der Waals surface area (Å²) >= 11 is 0. The zero-order chi connectivity index (χ0) is 8.81. The molecule has 72 valence electrons. The highest BCUT2D eigenvalue weighted by Crippen LogP contribution is 1.94. The normalized spacial score (nSPS) is 10.0. The highest BCUT2D eigenvalue weighted by atomic mass is 35.5. The predicted molar refractivity (Wildman–Crippen MR) is 50.8 cm³/mol. The molecule has 0 spiro atoms. The van der Waals surface area contributed by atoms with Crippen molar-refractivity contribution in [1.29, 1.82) is 0 Å². The van der Waals surface area contributed by atoms with Gasteiger partial charge in [0.1, 0.15) is 0 Å². The van der Waals surface area contributed by atoms with Crippen molar-refractivity contribution in [3.8, 4) is 0 Å². The summed E-state index contributed by atoms with van der Waals surface area (Å²) in [4.78, 5) is 0. The third-order valence-corrected chi connectivity index (χ3v) is 1.92. The van der Waals surface area contributed by atoms with Crippen LogP contribution in [0.15, 0.2) is 36.7 Å². The van der Waals surface area contributed by atoms with Crippen molar-refractivity contribution in [2.45, 2.75) is 26.8 Å². The van der Waals surface area contributed by atoms with Crippen LogP contribution in [0.2, 0.25) is 0 Å². The van der Waals surface area contributed by atoms with Gasteiger partial charge in [-0.3, -0.25) is 0 Å². The van der Waals surface area contributed by atoms with Crippen LogP contribution in [-0.2, 0) is 13.0 Å². The Balaban J connectivity index is 0.00000144. The van der Waals surface area contributed by atoms with E-state index in [0.29, 0.717) is 0 Å². The maximum absolute atomic E-state index is 2.17. The second-order valence-electron chi connectivity index (χ2n) is 2.83. The standard InChI is InChI=1S/C11H16N.ClH/c1-3-5-8-12-9-6-11(4-2)7-10-12;/h3,5-7,9-10H,4,8H2,1-2H3;1H/q+1;/p-1/b5-3+;. The summed E-state index contributed by atoms with van der Waals surface area (Å²) in [5.41, 5.74) is 1.40. The summed E-state index contributed by atoms with van der Waals surface area (Å²) < 4.78 is 2.17. The summed E-state index contributed by atoms with van der Waals surface area (Å²) in [5.74, 6) is 0. The molecule has 0 radical (unpaired) electrons. The van der Waals surface area contributed by atoms with Crippen molar-refractivity contribution in [2.75, 3.05) is 0 Å². The fourth-order valence-corrected chi connectivity index (χ4v) is 1.07. The molecule has 1 aromatic heterocycles. The molecule has 1 heterocycles. The van der Waals surface area contributed by atoms with Crippen LogP contribution in [0.25, 0.3) is 0 Å². The Kier molecular flexibility index (Phi) is 6.25. The average Bonchev–Trinajstić information content (AvgIpc) is 2.15. The van der Waals surface area contributed by atoms with E-state index in [-0.39, 0.29) is 12.4 Å². The van der Waals surface area contributed by atoms with Gasteiger partial charge in [0, 0.05) is 12.1 Å². The highest BCUT2D eigenvalue weighted by Gasteiger charge is 1.95. The molecular formula is C11H16ClN. The fourth-order valence-electron chi connectivity index (χ4n) is 1.07. The average molecular weight is 198 g/mol. The first-order chi connectivity index (χ1) is 5.86. The summed E-state index contributed by atoms with van der Waals surface area (Å²) in [6.07, 6.45) is 9.58. The van der Waals surface area contributed by atoms with Gasteiger partial charge in [0.2, 0.25) is 0 Å². The van der Waals surface area contributed by atoms with Crippen LogP contribution in [0, 0.1) is 0 Å². The monoisotopic (exact) mass is 197 g/mol. The number of aromatic nitrogens is 1. The lowest BCUT2D eigenvalue weighted by Gasteiger charge is -1.94. The Bertz CT molecular complexity index is 251. The maximum atomic E-state index is 2.17. The largest absolute Gasteiger partial charge is 1.00 e. The fraction of sp³-hybridized carbons (Fsp3) is 0.364. The molecule has 1 aromatic rings. The molecule has 1 nitrogen and oxygen atoms in total. The van der Waals surface area contributed by atoms with E-state index in [1.807, 2.05) is 6.92 Å². The van der Waals surface area contributed by atoms with E-state index in [1.54, 1.807) is 0 Å². The van der Waals surface area contributed by atoms with Crippen LogP contribution in [0.5, 0.6) is 0 Å². The third-order valence-electron chi connectivity index (χ3n) is 1.92. The van der Waals surface area contributed by atoms with Crippen molar-refractivity contribution >= 4 is 0 Å². The Hall–Kier alpha value is -0.820. The Morgan fingerprint density at radius 3 is 2.38 bits per heavy atom. The molecule has 0 N–H and O–H groups in total. The zero-order valence-corrected chi connectivity index (χ0v) is 8.96. The van der Waals surface area contributed by atoms with Crippen molar-refractivity contribution in [2.24, 2.45) is 0 Å². The van der Waals surface area contributed by atoms with Gasteiger partial charge < -0.3 is 12.4 Å². The topological polar surface area (TPSA) is 3.88 Å². The number of nitrogens with zero attached hydrogens (tertiary/aromatic N) is 1. The molecule has 0 aromatic carbocycles. The van der Waals surface area contributed by atoms with Crippen LogP contribution in [0.3, 0.4) is 0 Å². The predicted octanol–water partition coefficient (Wildman–Crippen LogP) is -0.883. The minimum atomic E-state index is 0. The maximum Gasteiger partial charge on any atom is 0.169 e. The lowest BCUT2D eigenvalue weighted by Crippen LogP contribution is -3.00. The lowest BCUT2D eigenvalue weighted by atomic mass is 10.2. The van der Waals surface area contributed by atoms with Gasteiger partial charge in [0.05, 0.1) is 0 Å². The zero-order valence-electron chi connectivity index (χ0n) is 8.20. The smallest absolute Gasteiger partial charge is 0.169 e. The molecule has 1 rings (SSSR count). The molecule has 0 fully saturated rings. The first-order valence-corrected chi connectivity index (χ1v) is 4.46. The number of pyridine rings is 1. The molecule has 13 heavy (non-hydrogen) atoms. The van der Waals surface area contributed by atoms with E-state index in [2.05, 4.69) is 48.2 Å². The van der Waals surface area contributed by atoms with Gasteiger partial charge in [0.15, 0.2) is 18.9 Å². The molecular weight excluding hydrogens is 182 g/mol. The second kappa shape index (κ2) is 6.67. The SMILES string of the molecule is C/C=C/C[n+]1ccc(CC)cc1.[Cl-]. The molecule has 2 heteroatoms. The van der Waals surface area contributed by atoms with Crippen LogP contribution < -0.4 is 17.0 Å². The van der Waals surface area contributed by atoms with E-state index >= 15 is 0 Å².